The molecule has 3 aromatic rings. The summed E-state index contributed by atoms with van der Waals surface area (Å²) in [6.45, 7) is 0. The lowest BCUT2D eigenvalue weighted by Gasteiger charge is -1.96. The first kappa shape index (κ1) is 14.6. The van der Waals surface area contributed by atoms with Gasteiger partial charge in [0.05, 0.1) is 29.0 Å². The van der Waals surface area contributed by atoms with Gasteiger partial charge in [0, 0.05) is 11.9 Å². The van der Waals surface area contributed by atoms with Crippen LogP contribution in [0.25, 0.3) is 0 Å². The summed E-state index contributed by atoms with van der Waals surface area (Å²) in [6.07, 6.45) is 3.47. The zero-order valence-corrected chi connectivity index (χ0v) is 12.4. The lowest BCUT2D eigenvalue weighted by Crippen LogP contribution is -1.83. The van der Waals surface area contributed by atoms with Crippen molar-refractivity contribution in [3.8, 4) is 0 Å². The van der Waals surface area contributed by atoms with Crippen LogP contribution in [-0.2, 0) is 0 Å². The second-order valence-corrected chi connectivity index (χ2v) is 4.82. The molecule has 5 heteroatoms. The molecule has 0 spiro atoms. The normalized spacial score (nSPS) is 11.3. The molecule has 2 aromatic carbocycles. The number of hydrogen-bond donors (Lipinski definition) is 1. The lowest BCUT2D eigenvalue weighted by atomic mass is 10.3. The molecule has 0 amide bonds. The van der Waals surface area contributed by atoms with Gasteiger partial charge in [0.1, 0.15) is 0 Å². The second kappa shape index (κ2) is 7.09. The fraction of sp³-hybridized carbons (Fsp3) is 0. The third-order valence-corrected chi connectivity index (χ3v) is 3.06. The van der Waals surface area contributed by atoms with Crippen LogP contribution in [0.15, 0.2) is 88.1 Å². The topological polar surface area (TPSA) is 76.0 Å². The maximum atomic E-state index is 5.63. The maximum Gasteiger partial charge on any atom is 0.0858 e. The van der Waals surface area contributed by atoms with E-state index in [-0.39, 0.29) is 0 Å². The van der Waals surface area contributed by atoms with Gasteiger partial charge in [0.15, 0.2) is 0 Å². The van der Waals surface area contributed by atoms with E-state index in [0.29, 0.717) is 5.69 Å². The molecule has 0 aliphatic heterocycles. The number of nitrogen functional groups attached to an aromatic ring is 1. The summed E-state index contributed by atoms with van der Waals surface area (Å²) in [5, 5.41) is 8.35. The van der Waals surface area contributed by atoms with Gasteiger partial charge in [-0.2, -0.15) is 10.2 Å². The highest BCUT2D eigenvalue weighted by atomic mass is 15.1. The van der Waals surface area contributed by atoms with Crippen LogP contribution in [0.2, 0.25) is 0 Å². The zero-order valence-electron chi connectivity index (χ0n) is 12.4. The van der Waals surface area contributed by atoms with E-state index < -0.39 is 0 Å². The molecule has 1 aromatic heterocycles. The van der Waals surface area contributed by atoms with Crippen LogP contribution in [-0.4, -0.2) is 11.2 Å². The van der Waals surface area contributed by atoms with Crippen LogP contribution in [0.3, 0.4) is 0 Å². The number of nitrogens with zero attached hydrogens (tertiary/aromatic N) is 4. The highest BCUT2D eigenvalue weighted by molar-refractivity contribution is 5.79. The van der Waals surface area contributed by atoms with Gasteiger partial charge in [-0.15, -0.1) is 0 Å². The van der Waals surface area contributed by atoms with E-state index >= 15 is 0 Å². The van der Waals surface area contributed by atoms with Crippen LogP contribution < -0.4 is 5.73 Å². The van der Waals surface area contributed by atoms with Crippen LogP contribution in [0.5, 0.6) is 0 Å². The number of aromatic nitrogens is 1. The number of hydrogen-bond acceptors (Lipinski definition) is 5. The van der Waals surface area contributed by atoms with Gasteiger partial charge in [-0.05, 0) is 60.7 Å². The lowest BCUT2D eigenvalue weighted by molar-refractivity contribution is 1.23. The Hall–Kier alpha value is -3.34. The third kappa shape index (κ3) is 4.31. The molecular weight excluding hydrogens is 286 g/mol. The van der Waals surface area contributed by atoms with Gasteiger partial charge in [0.25, 0.3) is 0 Å². The minimum atomic E-state index is 0.707. The molecule has 0 saturated carbocycles. The smallest absolute Gasteiger partial charge is 0.0858 e. The van der Waals surface area contributed by atoms with Crippen LogP contribution >= 0.6 is 0 Å². The number of anilines is 1. The minimum absolute atomic E-state index is 0.707. The first-order chi connectivity index (χ1) is 11.3. The van der Waals surface area contributed by atoms with Crippen molar-refractivity contribution in [3.05, 3.63) is 78.6 Å². The summed E-state index contributed by atoms with van der Waals surface area (Å²) in [7, 11) is 0. The molecule has 0 unspecified atom stereocenters. The first-order valence-corrected chi connectivity index (χ1v) is 7.12. The highest BCUT2D eigenvalue weighted by Crippen LogP contribution is 2.22. The van der Waals surface area contributed by atoms with Crippen molar-refractivity contribution in [1.29, 1.82) is 0 Å². The summed E-state index contributed by atoms with van der Waals surface area (Å²) < 4.78 is 0. The monoisotopic (exact) mass is 301 g/mol. The molecule has 0 aliphatic rings. The Balaban J connectivity index is 1.67. The van der Waals surface area contributed by atoms with Gasteiger partial charge >= 0.3 is 0 Å². The van der Waals surface area contributed by atoms with Crippen molar-refractivity contribution >= 4 is 29.0 Å². The second-order valence-electron chi connectivity index (χ2n) is 4.82. The molecule has 0 fully saturated rings. The number of aliphatic imine (C=N–C) groups is 1. The summed E-state index contributed by atoms with van der Waals surface area (Å²) in [5.74, 6) is 0. The quantitative estimate of drug-likeness (QED) is 0.425. The van der Waals surface area contributed by atoms with Gasteiger partial charge in [-0.1, -0.05) is 6.07 Å². The van der Waals surface area contributed by atoms with E-state index in [9.17, 15) is 0 Å². The molecule has 0 bridgehead atoms. The molecule has 0 radical (unpaired) electrons. The van der Waals surface area contributed by atoms with Crippen molar-refractivity contribution < 1.29 is 0 Å². The van der Waals surface area contributed by atoms with E-state index in [4.69, 9.17) is 5.73 Å². The van der Waals surface area contributed by atoms with Crippen molar-refractivity contribution in [1.82, 2.24) is 4.98 Å². The molecule has 0 atom stereocenters. The molecular formula is C18H15N5. The van der Waals surface area contributed by atoms with Crippen molar-refractivity contribution in [2.45, 2.75) is 0 Å². The van der Waals surface area contributed by atoms with E-state index in [2.05, 4.69) is 20.2 Å². The fourth-order valence-corrected chi connectivity index (χ4v) is 1.85. The Morgan fingerprint density at radius 2 is 1.35 bits per heavy atom. The zero-order chi connectivity index (χ0) is 15.9. The Morgan fingerprint density at radius 3 is 1.96 bits per heavy atom. The van der Waals surface area contributed by atoms with E-state index in [0.717, 1.165) is 22.8 Å². The minimum Gasteiger partial charge on any atom is -0.399 e. The van der Waals surface area contributed by atoms with Gasteiger partial charge in [-0.25, -0.2) is 0 Å². The van der Waals surface area contributed by atoms with Gasteiger partial charge < -0.3 is 5.73 Å². The SMILES string of the molecule is Nc1ccc(N=Nc2ccc(N=Cc3ccccn3)cc2)cc1. The average molecular weight is 301 g/mol. The predicted octanol–water partition coefficient (Wildman–Crippen LogP) is 4.83. The predicted molar refractivity (Wildman–Crippen MR) is 93.0 cm³/mol. The maximum absolute atomic E-state index is 5.63. The van der Waals surface area contributed by atoms with Crippen molar-refractivity contribution in [2.24, 2.45) is 15.2 Å². The molecule has 0 saturated heterocycles. The Kier molecular flexibility index (Phi) is 4.49. The van der Waals surface area contributed by atoms with Crippen molar-refractivity contribution in [2.75, 3.05) is 5.73 Å². The number of rotatable bonds is 4. The fourth-order valence-electron chi connectivity index (χ4n) is 1.85. The average Bonchev–Trinajstić information content (AvgIpc) is 2.61. The molecule has 0 aliphatic carbocycles. The van der Waals surface area contributed by atoms with Gasteiger partial charge in [-0.3, -0.25) is 9.98 Å². The summed E-state index contributed by atoms with van der Waals surface area (Å²) in [6, 6.07) is 20.4. The summed E-state index contributed by atoms with van der Waals surface area (Å²) in [5.41, 5.74) is 9.52. The largest absolute Gasteiger partial charge is 0.399 e. The Labute approximate surface area is 134 Å². The van der Waals surface area contributed by atoms with E-state index in [1.165, 1.54) is 0 Å². The van der Waals surface area contributed by atoms with Crippen LogP contribution in [0.1, 0.15) is 5.69 Å². The van der Waals surface area contributed by atoms with Gasteiger partial charge in [0.2, 0.25) is 0 Å². The summed E-state index contributed by atoms with van der Waals surface area (Å²) in [4.78, 5) is 8.56. The molecule has 112 valence electrons. The molecule has 1 heterocycles. The number of azo groups is 1. The highest BCUT2D eigenvalue weighted by Gasteiger charge is 1.93. The van der Waals surface area contributed by atoms with Crippen LogP contribution in [0, 0.1) is 0 Å². The molecule has 2 N–H and O–H groups in total. The Bertz CT molecular complexity index is 806. The number of nitrogens with two attached hydrogens (primary N) is 1. The summed E-state index contributed by atoms with van der Waals surface area (Å²) >= 11 is 0. The van der Waals surface area contributed by atoms with Crippen molar-refractivity contribution in [3.63, 3.8) is 0 Å². The standard InChI is InChI=1S/C18H15N5/c19-14-4-6-16(7-5-14)22-23-17-10-8-15(9-11-17)21-13-18-3-1-2-12-20-18/h1-13H,19H2. The Morgan fingerprint density at radius 1 is 0.739 bits per heavy atom. The van der Waals surface area contributed by atoms with E-state index in [1.807, 2.05) is 54.6 Å². The third-order valence-electron chi connectivity index (χ3n) is 3.06. The van der Waals surface area contributed by atoms with E-state index in [1.54, 1.807) is 24.5 Å². The molecule has 5 nitrogen and oxygen atoms in total. The first-order valence-electron chi connectivity index (χ1n) is 7.12. The van der Waals surface area contributed by atoms with Crippen LogP contribution in [0.4, 0.5) is 22.7 Å². The number of benzene rings is 2. The molecule has 3 rings (SSSR count). The molecule has 23 heavy (non-hydrogen) atoms. The number of pyridine rings is 1.